The van der Waals surface area contributed by atoms with E-state index in [1.807, 2.05) is 0 Å². The van der Waals surface area contributed by atoms with E-state index in [2.05, 4.69) is 21.2 Å². The van der Waals surface area contributed by atoms with Gasteiger partial charge in [-0.2, -0.15) is 0 Å². The summed E-state index contributed by atoms with van der Waals surface area (Å²) in [4.78, 5) is 16.1. The first-order valence-corrected chi connectivity index (χ1v) is 8.41. The van der Waals surface area contributed by atoms with Gasteiger partial charge in [0.15, 0.2) is 11.6 Å². The third-order valence-corrected chi connectivity index (χ3v) is 4.12. The molecule has 1 aromatic carbocycles. The fourth-order valence-electron chi connectivity index (χ4n) is 2.63. The summed E-state index contributed by atoms with van der Waals surface area (Å²) in [5.74, 6) is -1.17. The van der Waals surface area contributed by atoms with E-state index in [0.717, 1.165) is 31.6 Å². The predicted octanol–water partition coefficient (Wildman–Crippen LogP) is 2.27. The topological polar surface area (TPSA) is 75.3 Å². The fraction of sp³-hybridized carbons (Fsp3) is 0.333. The van der Waals surface area contributed by atoms with E-state index in [1.165, 1.54) is 12.3 Å². The van der Waals surface area contributed by atoms with Crippen molar-refractivity contribution in [2.75, 3.05) is 13.1 Å². The maximum atomic E-state index is 13.3. The molecule has 1 saturated heterocycles. The maximum absolute atomic E-state index is 13.3. The van der Waals surface area contributed by atoms with Gasteiger partial charge in [0.25, 0.3) is 0 Å². The molecule has 2 aromatic rings. The minimum absolute atomic E-state index is 0.0560. The molecule has 26 heavy (non-hydrogen) atoms. The summed E-state index contributed by atoms with van der Waals surface area (Å²) in [7, 11) is 0. The summed E-state index contributed by atoms with van der Waals surface area (Å²) in [5.41, 5.74) is 6.72. The highest BCUT2D eigenvalue weighted by Gasteiger charge is 2.16. The molecular formula is C18H20F2N4O2. The van der Waals surface area contributed by atoms with Crippen molar-refractivity contribution in [3.8, 4) is 11.6 Å². The molecule has 8 heteroatoms. The molecule has 6 nitrogen and oxygen atoms in total. The van der Waals surface area contributed by atoms with Crippen molar-refractivity contribution in [1.82, 2.24) is 21.2 Å². The minimum Gasteiger partial charge on any atom is -0.439 e. The van der Waals surface area contributed by atoms with Crippen molar-refractivity contribution >= 4 is 5.91 Å². The van der Waals surface area contributed by atoms with Crippen LogP contribution in [0.3, 0.4) is 0 Å². The van der Waals surface area contributed by atoms with E-state index in [4.69, 9.17) is 4.74 Å². The summed E-state index contributed by atoms with van der Waals surface area (Å²) in [6, 6.07) is 6.74. The third kappa shape index (κ3) is 4.96. The minimum atomic E-state index is -0.996. The summed E-state index contributed by atoms with van der Waals surface area (Å²) in [6.45, 7) is 1.97. The average molecular weight is 362 g/mol. The summed E-state index contributed by atoms with van der Waals surface area (Å²) in [6.07, 6.45) is 2.77. The maximum Gasteiger partial charge on any atom is 0.224 e. The van der Waals surface area contributed by atoms with E-state index < -0.39 is 11.6 Å². The number of halogens is 2. The van der Waals surface area contributed by atoms with Crippen LogP contribution in [0.15, 0.2) is 36.5 Å². The Morgan fingerprint density at radius 2 is 2.04 bits per heavy atom. The first-order chi connectivity index (χ1) is 12.6. The van der Waals surface area contributed by atoms with Crippen LogP contribution in [0, 0.1) is 17.6 Å². The van der Waals surface area contributed by atoms with Crippen LogP contribution in [0.25, 0.3) is 0 Å². The zero-order valence-electron chi connectivity index (χ0n) is 14.1. The molecule has 2 heterocycles. The summed E-state index contributed by atoms with van der Waals surface area (Å²) in [5, 5.41) is 2.84. The van der Waals surface area contributed by atoms with Crippen LogP contribution < -0.4 is 20.9 Å². The van der Waals surface area contributed by atoms with Crippen LogP contribution in [0.2, 0.25) is 0 Å². The van der Waals surface area contributed by atoms with Gasteiger partial charge < -0.3 is 10.1 Å². The SMILES string of the molecule is O=C(CCC1CNNC1)NCc1cccnc1Oc1ccc(F)c(F)c1. The van der Waals surface area contributed by atoms with Gasteiger partial charge in [-0.1, -0.05) is 6.07 Å². The van der Waals surface area contributed by atoms with E-state index >= 15 is 0 Å². The quantitative estimate of drug-likeness (QED) is 0.705. The number of nitrogens with zero attached hydrogens (tertiary/aromatic N) is 1. The van der Waals surface area contributed by atoms with Crippen molar-refractivity contribution in [3.05, 3.63) is 53.7 Å². The third-order valence-electron chi connectivity index (χ3n) is 4.12. The fourth-order valence-corrected chi connectivity index (χ4v) is 2.63. The van der Waals surface area contributed by atoms with Crippen molar-refractivity contribution in [3.63, 3.8) is 0 Å². The molecular weight excluding hydrogens is 342 g/mol. The second-order valence-electron chi connectivity index (χ2n) is 6.09. The Morgan fingerprint density at radius 3 is 2.81 bits per heavy atom. The number of hydrogen-bond donors (Lipinski definition) is 3. The summed E-state index contributed by atoms with van der Waals surface area (Å²) < 4.78 is 31.9. The second kappa shape index (κ2) is 8.68. The normalized spacial score (nSPS) is 14.4. The monoisotopic (exact) mass is 362 g/mol. The first kappa shape index (κ1) is 18.2. The van der Waals surface area contributed by atoms with Gasteiger partial charge in [0.1, 0.15) is 5.75 Å². The van der Waals surface area contributed by atoms with Gasteiger partial charge in [-0.25, -0.2) is 13.8 Å². The van der Waals surface area contributed by atoms with Gasteiger partial charge in [-0.3, -0.25) is 15.6 Å². The van der Waals surface area contributed by atoms with Crippen LogP contribution in [-0.2, 0) is 11.3 Å². The van der Waals surface area contributed by atoms with Gasteiger partial charge in [0.2, 0.25) is 11.8 Å². The lowest BCUT2D eigenvalue weighted by Crippen LogP contribution is -2.24. The molecule has 3 rings (SSSR count). The Bertz CT molecular complexity index is 767. The van der Waals surface area contributed by atoms with E-state index in [0.29, 0.717) is 17.9 Å². The molecule has 0 atom stereocenters. The summed E-state index contributed by atoms with van der Waals surface area (Å²) >= 11 is 0. The number of hydrogen-bond acceptors (Lipinski definition) is 5. The highest BCUT2D eigenvalue weighted by Crippen LogP contribution is 2.24. The van der Waals surface area contributed by atoms with Crippen molar-refractivity contribution in [1.29, 1.82) is 0 Å². The van der Waals surface area contributed by atoms with Crippen molar-refractivity contribution < 1.29 is 18.3 Å². The Balaban J connectivity index is 1.56. The zero-order chi connectivity index (χ0) is 18.4. The molecule has 0 spiro atoms. The number of hydrazine groups is 1. The smallest absolute Gasteiger partial charge is 0.224 e. The van der Waals surface area contributed by atoms with Crippen LogP contribution in [-0.4, -0.2) is 24.0 Å². The standard InChI is InChI=1S/C18H20F2N4O2/c19-15-5-4-14(8-16(15)20)26-18-13(2-1-7-21-18)11-22-17(25)6-3-12-9-23-24-10-12/h1-2,4-5,7-8,12,23-24H,3,6,9-11H2,(H,22,25). The number of nitrogens with one attached hydrogen (secondary N) is 3. The van der Waals surface area contributed by atoms with Crippen molar-refractivity contribution in [2.24, 2.45) is 5.92 Å². The highest BCUT2D eigenvalue weighted by atomic mass is 19.2. The molecule has 0 saturated carbocycles. The van der Waals surface area contributed by atoms with Gasteiger partial charge >= 0.3 is 0 Å². The van der Waals surface area contributed by atoms with E-state index in [1.54, 1.807) is 12.1 Å². The number of benzene rings is 1. The largest absolute Gasteiger partial charge is 0.439 e. The van der Waals surface area contributed by atoms with Gasteiger partial charge in [-0.15, -0.1) is 0 Å². The molecule has 1 aliphatic heterocycles. The highest BCUT2D eigenvalue weighted by molar-refractivity contribution is 5.75. The van der Waals surface area contributed by atoms with Crippen LogP contribution in [0.1, 0.15) is 18.4 Å². The molecule has 0 unspecified atom stereocenters. The van der Waals surface area contributed by atoms with Crippen molar-refractivity contribution in [2.45, 2.75) is 19.4 Å². The molecule has 0 aliphatic carbocycles. The number of rotatable bonds is 7. The van der Waals surface area contributed by atoms with Gasteiger partial charge in [-0.05, 0) is 30.5 Å². The van der Waals surface area contributed by atoms with Gasteiger partial charge in [0, 0.05) is 43.9 Å². The molecule has 0 bridgehead atoms. The molecule has 1 aliphatic rings. The molecule has 0 radical (unpaired) electrons. The predicted molar refractivity (Wildman–Crippen MR) is 91.2 cm³/mol. The van der Waals surface area contributed by atoms with Crippen LogP contribution >= 0.6 is 0 Å². The zero-order valence-corrected chi connectivity index (χ0v) is 14.1. The lowest BCUT2D eigenvalue weighted by atomic mass is 10.0. The first-order valence-electron chi connectivity index (χ1n) is 8.41. The average Bonchev–Trinajstić information content (AvgIpc) is 3.16. The number of carbonyl (C=O) groups excluding carboxylic acids is 1. The molecule has 1 fully saturated rings. The number of pyridine rings is 1. The Labute approximate surface area is 149 Å². The van der Waals surface area contributed by atoms with E-state index in [-0.39, 0.29) is 24.1 Å². The van der Waals surface area contributed by atoms with Crippen LogP contribution in [0.4, 0.5) is 8.78 Å². The molecule has 1 amide bonds. The number of aromatic nitrogens is 1. The van der Waals surface area contributed by atoms with E-state index in [9.17, 15) is 13.6 Å². The molecule has 3 N–H and O–H groups in total. The number of carbonyl (C=O) groups is 1. The lowest BCUT2D eigenvalue weighted by molar-refractivity contribution is -0.121. The Hall–Kier alpha value is -2.58. The Morgan fingerprint density at radius 1 is 1.23 bits per heavy atom. The number of amides is 1. The number of ether oxygens (including phenoxy) is 1. The lowest BCUT2D eigenvalue weighted by Gasteiger charge is -2.12. The van der Waals surface area contributed by atoms with Gasteiger partial charge in [0.05, 0.1) is 0 Å². The molecule has 138 valence electrons. The Kier molecular flexibility index (Phi) is 6.08. The molecule has 1 aromatic heterocycles. The second-order valence-corrected chi connectivity index (χ2v) is 6.09. The van der Waals surface area contributed by atoms with Crippen LogP contribution in [0.5, 0.6) is 11.6 Å².